The van der Waals surface area contributed by atoms with Gasteiger partial charge >= 0.3 is 0 Å². The summed E-state index contributed by atoms with van der Waals surface area (Å²) in [5.41, 5.74) is 1.54. The second kappa shape index (κ2) is 7.79. The van der Waals surface area contributed by atoms with E-state index < -0.39 is 12.1 Å². The number of rotatable bonds is 2. The summed E-state index contributed by atoms with van der Waals surface area (Å²) in [7, 11) is 0. The maximum Gasteiger partial charge on any atom is 0.229 e. The molecule has 0 spiro atoms. The van der Waals surface area contributed by atoms with E-state index in [0.717, 1.165) is 0 Å². The lowest BCUT2D eigenvalue weighted by molar-refractivity contribution is -0.139. The van der Waals surface area contributed by atoms with Crippen molar-refractivity contribution in [2.24, 2.45) is 5.92 Å². The average Bonchev–Trinajstić information content (AvgIpc) is 3.17. The lowest BCUT2D eigenvalue weighted by atomic mass is 9.93. The molecule has 0 aliphatic carbocycles. The fraction of sp³-hybridized carbons (Fsp3) is 0.400. The number of carbonyl (C=O) groups is 1. The zero-order valence-corrected chi connectivity index (χ0v) is 16.6. The van der Waals surface area contributed by atoms with E-state index in [9.17, 15) is 10.1 Å². The monoisotopic (exact) mass is 422 g/mol. The Balaban J connectivity index is 1.32. The highest BCUT2D eigenvalue weighted by Gasteiger charge is 2.38. The van der Waals surface area contributed by atoms with Crippen LogP contribution in [0.2, 0.25) is 0 Å². The molecule has 3 aromatic rings. The first-order valence-electron chi connectivity index (χ1n) is 9.97. The lowest BCUT2D eigenvalue weighted by Gasteiger charge is -2.36. The first-order chi connectivity index (χ1) is 15.2. The average molecular weight is 422 g/mol. The van der Waals surface area contributed by atoms with Gasteiger partial charge in [0.2, 0.25) is 5.91 Å². The zero-order chi connectivity index (χ0) is 21.4. The molecule has 0 N–H and O–H groups in total. The summed E-state index contributed by atoms with van der Waals surface area (Å²) in [6, 6.07) is 2.05. The fourth-order valence-corrected chi connectivity index (χ4v) is 4.16. The smallest absolute Gasteiger partial charge is 0.229 e. The summed E-state index contributed by atoms with van der Waals surface area (Å²) >= 11 is 0. The number of nitriles is 1. The van der Waals surface area contributed by atoms with E-state index in [-0.39, 0.29) is 25.6 Å². The normalized spacial score (nSPS) is 21.2. The van der Waals surface area contributed by atoms with E-state index in [1.807, 2.05) is 4.90 Å². The molecule has 1 saturated heterocycles. The quantitative estimate of drug-likeness (QED) is 0.601. The van der Waals surface area contributed by atoms with Crippen molar-refractivity contribution in [3.05, 3.63) is 42.2 Å². The standard InChI is InChI=1S/C20H19FN8O2/c21-16-11-27(18-19-25-12-26-29(19)4-2-24-18)3-1-15(16)20(30)28-5-6-31-17-13(7-22)8-23-9-14(17)10-28/h2,4,8-9,12,15-16H,1,3,5-6,10-11H2/t15-,16-/m1/s1. The van der Waals surface area contributed by atoms with Gasteiger partial charge in [-0.15, -0.1) is 0 Å². The molecule has 2 aliphatic rings. The SMILES string of the molecule is N#Cc1cncc2c1OCCN(C(=O)[C@@H]1CCN(c3nccn4ncnc34)C[C@H]1F)C2. The van der Waals surface area contributed by atoms with Crippen LogP contribution in [-0.2, 0) is 11.3 Å². The second-order valence-electron chi connectivity index (χ2n) is 7.53. The van der Waals surface area contributed by atoms with Crippen LogP contribution in [0, 0.1) is 17.2 Å². The van der Waals surface area contributed by atoms with Crippen LogP contribution in [0.3, 0.4) is 0 Å². The van der Waals surface area contributed by atoms with Crippen molar-refractivity contribution in [2.75, 3.05) is 31.1 Å². The number of carbonyl (C=O) groups excluding carboxylic acids is 1. The van der Waals surface area contributed by atoms with Gasteiger partial charge in [0, 0.05) is 36.9 Å². The Morgan fingerprint density at radius 3 is 3.03 bits per heavy atom. The van der Waals surface area contributed by atoms with Crippen LogP contribution < -0.4 is 9.64 Å². The van der Waals surface area contributed by atoms with Gasteiger partial charge in [0.05, 0.1) is 25.6 Å². The molecule has 5 rings (SSSR count). The molecule has 0 unspecified atom stereocenters. The molecular formula is C20H19FN8O2. The first kappa shape index (κ1) is 19.2. The number of halogens is 1. The molecule has 0 saturated carbocycles. The number of anilines is 1. The summed E-state index contributed by atoms with van der Waals surface area (Å²) < 4.78 is 22.5. The maximum absolute atomic E-state index is 15.2. The van der Waals surface area contributed by atoms with E-state index in [1.54, 1.807) is 28.0 Å². The molecule has 0 bridgehead atoms. The highest BCUT2D eigenvalue weighted by atomic mass is 19.1. The van der Waals surface area contributed by atoms with Gasteiger partial charge in [-0.1, -0.05) is 0 Å². The van der Waals surface area contributed by atoms with Gasteiger partial charge in [0.25, 0.3) is 0 Å². The van der Waals surface area contributed by atoms with Crippen LogP contribution in [0.4, 0.5) is 10.2 Å². The number of hydrogen-bond acceptors (Lipinski definition) is 8. The topological polar surface area (TPSA) is 113 Å². The van der Waals surface area contributed by atoms with Crippen LogP contribution in [0.25, 0.3) is 5.65 Å². The van der Waals surface area contributed by atoms with Gasteiger partial charge in [-0.05, 0) is 6.42 Å². The summed E-state index contributed by atoms with van der Waals surface area (Å²) in [5.74, 6) is 0.00904. The number of nitrogens with zero attached hydrogens (tertiary/aromatic N) is 8. The predicted octanol–water partition coefficient (Wildman–Crippen LogP) is 0.977. The van der Waals surface area contributed by atoms with Gasteiger partial charge in [-0.2, -0.15) is 10.4 Å². The third-order valence-electron chi connectivity index (χ3n) is 5.71. The van der Waals surface area contributed by atoms with E-state index >= 15 is 4.39 Å². The van der Waals surface area contributed by atoms with Crippen molar-refractivity contribution in [1.29, 1.82) is 5.26 Å². The minimum absolute atomic E-state index is 0.0526. The number of fused-ring (bicyclic) bond motifs is 2. The minimum Gasteiger partial charge on any atom is -0.490 e. The molecular weight excluding hydrogens is 403 g/mol. The van der Waals surface area contributed by atoms with Crippen molar-refractivity contribution in [2.45, 2.75) is 19.1 Å². The van der Waals surface area contributed by atoms with E-state index in [1.165, 1.54) is 12.5 Å². The number of piperidine rings is 1. The Hall–Kier alpha value is -3.81. The minimum atomic E-state index is -1.35. The molecule has 1 amide bonds. The molecule has 0 aromatic carbocycles. The van der Waals surface area contributed by atoms with Gasteiger partial charge in [0.1, 0.15) is 36.5 Å². The number of amides is 1. The Morgan fingerprint density at radius 1 is 1.29 bits per heavy atom. The molecule has 1 fully saturated rings. The first-order valence-corrected chi connectivity index (χ1v) is 9.97. The number of alkyl halides is 1. The van der Waals surface area contributed by atoms with Crippen molar-refractivity contribution in [3.63, 3.8) is 0 Å². The van der Waals surface area contributed by atoms with Gasteiger partial charge < -0.3 is 14.5 Å². The van der Waals surface area contributed by atoms with Crippen LogP contribution in [0.5, 0.6) is 5.75 Å². The van der Waals surface area contributed by atoms with Crippen molar-refractivity contribution in [1.82, 2.24) is 29.5 Å². The van der Waals surface area contributed by atoms with Crippen molar-refractivity contribution in [3.8, 4) is 11.8 Å². The summed E-state index contributed by atoms with van der Waals surface area (Å²) in [5, 5.41) is 13.3. The van der Waals surface area contributed by atoms with E-state index in [4.69, 9.17) is 4.74 Å². The van der Waals surface area contributed by atoms with Gasteiger partial charge in [-0.25, -0.2) is 18.9 Å². The lowest BCUT2D eigenvalue weighted by Crippen LogP contribution is -2.49. The van der Waals surface area contributed by atoms with Crippen LogP contribution >= 0.6 is 0 Å². The number of aromatic nitrogens is 5. The van der Waals surface area contributed by atoms with Crippen molar-refractivity contribution >= 4 is 17.4 Å². The molecule has 5 heterocycles. The van der Waals surface area contributed by atoms with E-state index in [2.05, 4.69) is 26.1 Å². The Morgan fingerprint density at radius 2 is 2.19 bits per heavy atom. The van der Waals surface area contributed by atoms with Crippen LogP contribution in [0.15, 0.2) is 31.1 Å². The molecule has 10 nitrogen and oxygen atoms in total. The molecule has 2 aliphatic heterocycles. The Bertz CT molecular complexity index is 1180. The van der Waals surface area contributed by atoms with Crippen LogP contribution in [-0.4, -0.2) is 67.8 Å². The predicted molar refractivity (Wildman–Crippen MR) is 106 cm³/mol. The summed E-state index contributed by atoms with van der Waals surface area (Å²) in [4.78, 5) is 29.2. The number of hydrogen-bond donors (Lipinski definition) is 0. The molecule has 2 atom stereocenters. The third kappa shape index (κ3) is 3.39. The maximum atomic E-state index is 15.2. The number of pyridine rings is 1. The highest BCUT2D eigenvalue weighted by Crippen LogP contribution is 2.30. The molecule has 31 heavy (non-hydrogen) atoms. The van der Waals surface area contributed by atoms with Crippen molar-refractivity contribution < 1.29 is 13.9 Å². The van der Waals surface area contributed by atoms with Gasteiger partial charge in [-0.3, -0.25) is 9.78 Å². The highest BCUT2D eigenvalue weighted by molar-refractivity contribution is 5.80. The largest absolute Gasteiger partial charge is 0.490 e. The molecule has 158 valence electrons. The molecule has 3 aromatic heterocycles. The molecule has 0 radical (unpaired) electrons. The summed E-state index contributed by atoms with van der Waals surface area (Å²) in [6.07, 6.45) is 6.74. The van der Waals surface area contributed by atoms with E-state index in [0.29, 0.717) is 47.9 Å². The second-order valence-corrected chi connectivity index (χ2v) is 7.53. The number of ether oxygens (including phenoxy) is 1. The Labute approximate surface area is 176 Å². The zero-order valence-electron chi connectivity index (χ0n) is 16.6. The Kier molecular flexibility index (Phi) is 4.82. The molecule has 11 heteroatoms. The van der Waals surface area contributed by atoms with Gasteiger partial charge in [0.15, 0.2) is 11.5 Å². The summed E-state index contributed by atoms with van der Waals surface area (Å²) in [6.45, 7) is 1.34. The van der Waals surface area contributed by atoms with Crippen LogP contribution in [0.1, 0.15) is 17.5 Å². The third-order valence-corrected chi connectivity index (χ3v) is 5.71. The fourth-order valence-electron chi connectivity index (χ4n) is 4.16.